The zero-order chi connectivity index (χ0) is 19.2. The molecule has 2 saturated heterocycles. The first kappa shape index (κ1) is 20.1. The van der Waals surface area contributed by atoms with Crippen molar-refractivity contribution in [2.24, 2.45) is 5.92 Å². The third-order valence-electron chi connectivity index (χ3n) is 5.87. The van der Waals surface area contributed by atoms with Gasteiger partial charge in [-0.1, -0.05) is 13.3 Å². The van der Waals surface area contributed by atoms with Crippen molar-refractivity contribution in [2.75, 3.05) is 58.2 Å². The quantitative estimate of drug-likeness (QED) is 0.829. The Balaban J connectivity index is 1.45. The molecular formula is C20H36N6O. The van der Waals surface area contributed by atoms with E-state index in [4.69, 9.17) is 0 Å². The van der Waals surface area contributed by atoms with Crippen LogP contribution in [0.1, 0.15) is 38.3 Å². The molecule has 3 rings (SSSR count). The normalized spacial score (nSPS) is 20.2. The summed E-state index contributed by atoms with van der Waals surface area (Å²) in [6.07, 6.45) is 4.79. The van der Waals surface area contributed by atoms with E-state index < -0.39 is 0 Å². The summed E-state index contributed by atoms with van der Waals surface area (Å²) < 4.78 is 1.92. The molecule has 3 heterocycles. The van der Waals surface area contributed by atoms with E-state index in [1.54, 1.807) is 0 Å². The highest BCUT2D eigenvalue weighted by molar-refractivity contribution is 5.88. The van der Waals surface area contributed by atoms with E-state index in [0.29, 0.717) is 0 Å². The van der Waals surface area contributed by atoms with E-state index in [0.717, 1.165) is 63.0 Å². The molecule has 1 aromatic rings. The summed E-state index contributed by atoms with van der Waals surface area (Å²) in [4.78, 5) is 19.6. The lowest BCUT2D eigenvalue weighted by Crippen LogP contribution is -2.51. The fourth-order valence-electron chi connectivity index (χ4n) is 4.06. The van der Waals surface area contributed by atoms with Crippen molar-refractivity contribution >= 4 is 11.8 Å². The Morgan fingerprint density at radius 2 is 1.89 bits per heavy atom. The molecule has 27 heavy (non-hydrogen) atoms. The predicted molar refractivity (Wildman–Crippen MR) is 109 cm³/mol. The molecule has 2 aliphatic rings. The number of anilines is 1. The van der Waals surface area contributed by atoms with Gasteiger partial charge in [-0.05, 0) is 52.2 Å². The van der Waals surface area contributed by atoms with Crippen LogP contribution in [-0.2, 0) is 6.54 Å². The van der Waals surface area contributed by atoms with Crippen molar-refractivity contribution in [1.29, 1.82) is 0 Å². The molecule has 0 aromatic carbocycles. The van der Waals surface area contributed by atoms with Crippen LogP contribution in [-0.4, -0.2) is 83.4 Å². The molecule has 0 radical (unpaired) electrons. The number of aromatic nitrogens is 2. The van der Waals surface area contributed by atoms with Gasteiger partial charge in [0.05, 0.1) is 5.69 Å². The number of amides is 2. The van der Waals surface area contributed by atoms with Gasteiger partial charge < -0.3 is 9.80 Å². The molecule has 2 fully saturated rings. The molecule has 152 valence electrons. The molecule has 0 spiro atoms. The highest BCUT2D eigenvalue weighted by atomic mass is 16.2. The summed E-state index contributed by atoms with van der Waals surface area (Å²) in [5.41, 5.74) is 0.948. The fraction of sp³-hybridized carbons (Fsp3) is 0.800. The zero-order valence-electron chi connectivity index (χ0n) is 17.3. The maximum atomic E-state index is 12.7. The summed E-state index contributed by atoms with van der Waals surface area (Å²) in [5, 5.41) is 7.57. The van der Waals surface area contributed by atoms with Gasteiger partial charge in [-0.25, -0.2) is 9.48 Å². The Kier molecular flexibility index (Phi) is 7.13. The molecule has 7 nitrogen and oxygen atoms in total. The molecule has 0 bridgehead atoms. The molecule has 2 aliphatic heterocycles. The van der Waals surface area contributed by atoms with Crippen molar-refractivity contribution in [2.45, 2.75) is 46.1 Å². The second-order valence-corrected chi connectivity index (χ2v) is 8.21. The predicted octanol–water partition coefficient (Wildman–Crippen LogP) is 2.48. The number of nitrogens with one attached hydrogen (secondary N) is 1. The first-order valence-corrected chi connectivity index (χ1v) is 10.6. The minimum absolute atomic E-state index is 0.00610. The van der Waals surface area contributed by atoms with Crippen LogP contribution in [0.15, 0.2) is 6.07 Å². The number of aryl methyl sites for hydroxylation is 2. The van der Waals surface area contributed by atoms with Crippen molar-refractivity contribution in [3.8, 4) is 0 Å². The van der Waals surface area contributed by atoms with Crippen molar-refractivity contribution in [3.05, 3.63) is 11.8 Å². The van der Waals surface area contributed by atoms with Crippen LogP contribution in [0, 0.1) is 12.8 Å². The van der Waals surface area contributed by atoms with Gasteiger partial charge in [0.15, 0.2) is 0 Å². The molecule has 7 heteroatoms. The fourth-order valence-corrected chi connectivity index (χ4v) is 4.06. The van der Waals surface area contributed by atoms with Crippen LogP contribution >= 0.6 is 0 Å². The SMILES string of the molecule is CCCCn1nc(C)cc1NC(=O)N1CCN(CC2CCN(C)CC2)CC1. The van der Waals surface area contributed by atoms with E-state index in [1.165, 1.54) is 32.5 Å². The third kappa shape index (κ3) is 5.69. The van der Waals surface area contributed by atoms with Crippen LogP contribution < -0.4 is 5.32 Å². The number of nitrogens with zero attached hydrogens (tertiary/aromatic N) is 5. The molecule has 1 N–H and O–H groups in total. The number of hydrogen-bond acceptors (Lipinski definition) is 4. The number of hydrogen-bond donors (Lipinski definition) is 1. The highest BCUT2D eigenvalue weighted by Gasteiger charge is 2.25. The smallest absolute Gasteiger partial charge is 0.322 e. The summed E-state index contributed by atoms with van der Waals surface area (Å²) in [6, 6.07) is 1.97. The topological polar surface area (TPSA) is 56.6 Å². The minimum atomic E-state index is 0.00610. The lowest BCUT2D eigenvalue weighted by Gasteiger charge is -2.38. The van der Waals surface area contributed by atoms with Gasteiger partial charge in [0.2, 0.25) is 0 Å². The first-order chi connectivity index (χ1) is 13.0. The van der Waals surface area contributed by atoms with Crippen LogP contribution in [0.3, 0.4) is 0 Å². The number of rotatable bonds is 6. The van der Waals surface area contributed by atoms with Crippen LogP contribution in [0.4, 0.5) is 10.6 Å². The Bertz CT molecular complexity index is 600. The zero-order valence-corrected chi connectivity index (χ0v) is 17.3. The number of urea groups is 1. The number of carbonyl (C=O) groups excluding carboxylic acids is 1. The maximum absolute atomic E-state index is 12.7. The second-order valence-electron chi connectivity index (χ2n) is 8.21. The van der Waals surface area contributed by atoms with Crippen molar-refractivity contribution in [1.82, 2.24) is 24.5 Å². The third-order valence-corrected chi connectivity index (χ3v) is 5.87. The summed E-state index contributed by atoms with van der Waals surface area (Å²) in [6.45, 7) is 12.2. The monoisotopic (exact) mass is 376 g/mol. The molecule has 2 amide bonds. The number of piperazine rings is 1. The molecule has 0 atom stereocenters. The molecular weight excluding hydrogens is 340 g/mol. The summed E-state index contributed by atoms with van der Waals surface area (Å²) >= 11 is 0. The van der Waals surface area contributed by atoms with Crippen LogP contribution in [0.2, 0.25) is 0 Å². The molecule has 0 unspecified atom stereocenters. The molecule has 0 saturated carbocycles. The molecule has 0 aliphatic carbocycles. The van der Waals surface area contributed by atoms with E-state index in [9.17, 15) is 4.79 Å². The van der Waals surface area contributed by atoms with Gasteiger partial charge >= 0.3 is 6.03 Å². The van der Waals surface area contributed by atoms with Gasteiger partial charge in [-0.15, -0.1) is 0 Å². The lowest BCUT2D eigenvalue weighted by atomic mass is 9.96. The van der Waals surface area contributed by atoms with E-state index >= 15 is 0 Å². The first-order valence-electron chi connectivity index (χ1n) is 10.6. The second kappa shape index (κ2) is 9.55. The van der Waals surface area contributed by atoms with Crippen molar-refractivity contribution in [3.63, 3.8) is 0 Å². The average Bonchev–Trinajstić information content (AvgIpc) is 3.01. The van der Waals surface area contributed by atoms with E-state index in [-0.39, 0.29) is 6.03 Å². The maximum Gasteiger partial charge on any atom is 0.323 e. The van der Waals surface area contributed by atoms with Gasteiger partial charge in [-0.3, -0.25) is 10.2 Å². The van der Waals surface area contributed by atoms with E-state index in [1.807, 2.05) is 22.6 Å². The van der Waals surface area contributed by atoms with Gasteiger partial charge in [0.1, 0.15) is 5.82 Å². The largest absolute Gasteiger partial charge is 0.323 e. The average molecular weight is 377 g/mol. The Hall–Kier alpha value is -1.60. The number of carbonyl (C=O) groups is 1. The Labute approximate surface area is 163 Å². The summed E-state index contributed by atoms with van der Waals surface area (Å²) in [5.74, 6) is 1.64. The van der Waals surface area contributed by atoms with Gasteiger partial charge in [0, 0.05) is 45.3 Å². The number of likely N-dealkylation sites (tertiary alicyclic amines) is 1. The van der Waals surface area contributed by atoms with Gasteiger partial charge in [0.25, 0.3) is 0 Å². The van der Waals surface area contributed by atoms with E-state index in [2.05, 4.69) is 34.2 Å². The Morgan fingerprint density at radius 1 is 1.19 bits per heavy atom. The number of piperidine rings is 1. The van der Waals surface area contributed by atoms with Crippen molar-refractivity contribution < 1.29 is 4.79 Å². The Morgan fingerprint density at radius 3 is 2.56 bits per heavy atom. The minimum Gasteiger partial charge on any atom is -0.322 e. The van der Waals surface area contributed by atoms with Crippen LogP contribution in [0.25, 0.3) is 0 Å². The highest BCUT2D eigenvalue weighted by Crippen LogP contribution is 2.18. The number of unbranched alkanes of at least 4 members (excludes halogenated alkanes) is 1. The molecule has 1 aromatic heterocycles. The summed E-state index contributed by atoms with van der Waals surface area (Å²) in [7, 11) is 2.21. The van der Waals surface area contributed by atoms with Crippen LogP contribution in [0.5, 0.6) is 0 Å². The lowest BCUT2D eigenvalue weighted by molar-refractivity contribution is 0.113. The standard InChI is InChI=1S/C20H36N6O/c1-4-5-8-26-19(15-17(2)22-26)21-20(27)25-13-11-24(12-14-25)16-18-6-9-23(3)10-7-18/h15,18H,4-14,16H2,1-3H3,(H,21,27). The van der Waals surface area contributed by atoms with Gasteiger partial charge in [-0.2, -0.15) is 5.10 Å².